The van der Waals surface area contributed by atoms with E-state index in [-0.39, 0.29) is 5.95 Å². The van der Waals surface area contributed by atoms with Crippen LogP contribution in [-0.2, 0) is 17.5 Å². The molecule has 2 N–H and O–H groups in total. The highest BCUT2D eigenvalue weighted by molar-refractivity contribution is 5.93. The average Bonchev–Trinajstić information content (AvgIpc) is 3.17. The quantitative estimate of drug-likeness (QED) is 0.897. The molecule has 1 saturated heterocycles. The molecule has 6 nitrogen and oxygen atoms in total. The number of benzene rings is 1. The van der Waals surface area contributed by atoms with Crippen molar-refractivity contribution in [2.45, 2.75) is 31.6 Å². The molecule has 0 unspecified atom stereocenters. The number of nitrogens with one attached hydrogen (secondary N) is 2. The number of carbonyl (C=O) groups is 1. The van der Waals surface area contributed by atoms with E-state index in [2.05, 4.69) is 15.4 Å². The first kappa shape index (κ1) is 16.4. The summed E-state index contributed by atoms with van der Waals surface area (Å²) in [6.45, 7) is 1.37. The molecule has 0 aliphatic carbocycles. The highest BCUT2D eigenvalue weighted by atomic mass is 19.4. The van der Waals surface area contributed by atoms with Crippen molar-refractivity contribution in [1.29, 1.82) is 0 Å². The average molecular weight is 339 g/mol. The van der Waals surface area contributed by atoms with Gasteiger partial charge in [0.15, 0.2) is 0 Å². The minimum absolute atomic E-state index is 0.362. The third kappa shape index (κ3) is 3.73. The van der Waals surface area contributed by atoms with Crippen molar-refractivity contribution < 1.29 is 18.0 Å². The first-order chi connectivity index (χ1) is 11.4. The molecule has 2 aromatic rings. The van der Waals surface area contributed by atoms with Gasteiger partial charge in [-0.25, -0.2) is 0 Å². The summed E-state index contributed by atoms with van der Waals surface area (Å²) in [6, 6.07) is 9.30. The standard InChI is InChI=1S/C15H16F3N5O/c16-15(17,18)13-20-14(22-21-13)19-12(24)11-7-4-8-23(11)9-10-5-2-1-3-6-10/h1-3,5-6,11H,4,7-9H2,(H2,19,20,21,22,24)/t11-/m0/s1. The summed E-state index contributed by atoms with van der Waals surface area (Å²) in [6.07, 6.45) is -3.12. The summed E-state index contributed by atoms with van der Waals surface area (Å²) < 4.78 is 37.5. The van der Waals surface area contributed by atoms with Crippen LogP contribution in [0.2, 0.25) is 0 Å². The molecule has 2 heterocycles. The molecule has 1 fully saturated rings. The first-order valence-corrected chi connectivity index (χ1v) is 7.52. The number of hydrogen-bond donors (Lipinski definition) is 2. The summed E-state index contributed by atoms with van der Waals surface area (Å²) in [5.74, 6) is -1.99. The maximum atomic E-state index is 12.5. The van der Waals surface area contributed by atoms with Crippen LogP contribution in [0.1, 0.15) is 24.2 Å². The van der Waals surface area contributed by atoms with Gasteiger partial charge in [0.25, 0.3) is 0 Å². The Morgan fingerprint density at radius 1 is 1.33 bits per heavy atom. The monoisotopic (exact) mass is 339 g/mol. The number of rotatable bonds is 4. The molecule has 0 saturated carbocycles. The summed E-state index contributed by atoms with van der Waals surface area (Å²) in [5.41, 5.74) is 1.08. The Labute approximate surface area is 136 Å². The molecule has 24 heavy (non-hydrogen) atoms. The predicted molar refractivity (Wildman–Crippen MR) is 79.9 cm³/mol. The molecule has 0 spiro atoms. The van der Waals surface area contributed by atoms with Crippen LogP contribution in [0.15, 0.2) is 30.3 Å². The Balaban J connectivity index is 1.64. The van der Waals surface area contributed by atoms with Crippen molar-refractivity contribution in [2.24, 2.45) is 0 Å². The van der Waals surface area contributed by atoms with Crippen molar-refractivity contribution >= 4 is 11.9 Å². The number of hydrogen-bond acceptors (Lipinski definition) is 4. The number of alkyl halides is 3. The van der Waals surface area contributed by atoms with Gasteiger partial charge >= 0.3 is 6.18 Å². The number of nitrogens with zero attached hydrogens (tertiary/aromatic N) is 3. The van der Waals surface area contributed by atoms with Crippen LogP contribution in [-0.4, -0.2) is 38.6 Å². The molecular formula is C15H16F3N5O. The number of amides is 1. The summed E-state index contributed by atoms with van der Waals surface area (Å²) in [7, 11) is 0. The summed E-state index contributed by atoms with van der Waals surface area (Å²) >= 11 is 0. The highest BCUT2D eigenvalue weighted by Crippen LogP contribution is 2.26. The number of H-pyrrole nitrogens is 1. The van der Waals surface area contributed by atoms with Crippen LogP contribution in [0.3, 0.4) is 0 Å². The molecule has 1 aromatic heterocycles. The van der Waals surface area contributed by atoms with E-state index in [4.69, 9.17) is 0 Å². The highest BCUT2D eigenvalue weighted by Gasteiger charge is 2.36. The zero-order chi connectivity index (χ0) is 17.2. The predicted octanol–water partition coefficient (Wildman–Crippen LogP) is 2.43. The van der Waals surface area contributed by atoms with Gasteiger partial charge in [-0.3, -0.25) is 20.1 Å². The van der Waals surface area contributed by atoms with Crippen LogP contribution in [0.4, 0.5) is 19.1 Å². The van der Waals surface area contributed by atoms with Crippen molar-refractivity contribution in [1.82, 2.24) is 20.1 Å². The summed E-state index contributed by atoms with van der Waals surface area (Å²) in [5, 5.41) is 7.53. The van der Waals surface area contributed by atoms with E-state index in [0.29, 0.717) is 13.0 Å². The van der Waals surface area contributed by atoms with E-state index in [1.807, 2.05) is 35.2 Å². The lowest BCUT2D eigenvalue weighted by Crippen LogP contribution is -2.39. The van der Waals surface area contributed by atoms with Gasteiger partial charge in [-0.1, -0.05) is 30.3 Å². The molecule has 9 heteroatoms. The molecule has 1 atom stereocenters. The van der Waals surface area contributed by atoms with Crippen molar-refractivity contribution in [2.75, 3.05) is 11.9 Å². The Morgan fingerprint density at radius 3 is 2.75 bits per heavy atom. The second-order valence-electron chi connectivity index (χ2n) is 5.61. The van der Waals surface area contributed by atoms with Gasteiger partial charge in [-0.15, -0.1) is 5.10 Å². The molecule has 1 aliphatic rings. The Hall–Kier alpha value is -2.42. The van der Waals surface area contributed by atoms with Gasteiger partial charge < -0.3 is 0 Å². The Kier molecular flexibility index (Phi) is 4.52. The number of anilines is 1. The van der Waals surface area contributed by atoms with E-state index in [9.17, 15) is 18.0 Å². The minimum Gasteiger partial charge on any atom is -0.292 e. The topological polar surface area (TPSA) is 73.9 Å². The molecule has 1 aromatic carbocycles. The second-order valence-corrected chi connectivity index (χ2v) is 5.61. The normalized spacial score (nSPS) is 18.7. The van der Waals surface area contributed by atoms with Crippen LogP contribution in [0, 0.1) is 0 Å². The second kappa shape index (κ2) is 6.60. The van der Waals surface area contributed by atoms with Gasteiger partial charge in [0.1, 0.15) is 0 Å². The number of likely N-dealkylation sites (tertiary alicyclic amines) is 1. The van der Waals surface area contributed by atoms with Crippen molar-refractivity contribution in [3.05, 3.63) is 41.7 Å². The number of carbonyl (C=O) groups excluding carboxylic acids is 1. The fourth-order valence-electron chi connectivity index (χ4n) is 2.77. The molecule has 0 bridgehead atoms. The van der Waals surface area contributed by atoms with Gasteiger partial charge in [-0.05, 0) is 24.9 Å². The minimum atomic E-state index is -4.62. The maximum absolute atomic E-state index is 12.5. The third-order valence-electron chi connectivity index (χ3n) is 3.88. The van der Waals surface area contributed by atoms with Crippen LogP contribution in [0.25, 0.3) is 0 Å². The lowest BCUT2D eigenvalue weighted by atomic mass is 10.1. The maximum Gasteiger partial charge on any atom is 0.451 e. The SMILES string of the molecule is O=C(Nc1n[nH]c(C(F)(F)F)n1)[C@@H]1CCCN1Cc1ccccc1. The van der Waals surface area contributed by atoms with Gasteiger partial charge in [0.05, 0.1) is 6.04 Å². The molecule has 1 aliphatic heterocycles. The van der Waals surface area contributed by atoms with E-state index < -0.39 is 23.9 Å². The molecule has 3 rings (SSSR count). The van der Waals surface area contributed by atoms with Crippen LogP contribution in [0.5, 0.6) is 0 Å². The third-order valence-corrected chi connectivity index (χ3v) is 3.88. The lowest BCUT2D eigenvalue weighted by molar-refractivity contribution is -0.144. The molecule has 1 amide bonds. The number of aromatic amines is 1. The zero-order valence-electron chi connectivity index (χ0n) is 12.7. The largest absolute Gasteiger partial charge is 0.451 e. The van der Waals surface area contributed by atoms with Crippen LogP contribution < -0.4 is 5.32 Å². The van der Waals surface area contributed by atoms with Crippen molar-refractivity contribution in [3.63, 3.8) is 0 Å². The van der Waals surface area contributed by atoms with Crippen LogP contribution >= 0.6 is 0 Å². The van der Waals surface area contributed by atoms with E-state index in [0.717, 1.165) is 18.5 Å². The Bertz CT molecular complexity index is 701. The van der Waals surface area contributed by atoms with Gasteiger partial charge in [0.2, 0.25) is 17.7 Å². The molecule has 0 radical (unpaired) electrons. The van der Waals surface area contributed by atoms with E-state index in [1.165, 1.54) is 0 Å². The molecule has 128 valence electrons. The fraction of sp³-hybridized carbons (Fsp3) is 0.400. The zero-order valence-corrected chi connectivity index (χ0v) is 12.7. The van der Waals surface area contributed by atoms with Crippen molar-refractivity contribution in [3.8, 4) is 0 Å². The first-order valence-electron chi connectivity index (χ1n) is 7.52. The lowest BCUT2D eigenvalue weighted by Gasteiger charge is -2.23. The fourth-order valence-corrected chi connectivity index (χ4v) is 2.77. The van der Waals surface area contributed by atoms with Gasteiger partial charge in [-0.2, -0.15) is 18.2 Å². The van der Waals surface area contributed by atoms with E-state index in [1.54, 1.807) is 5.10 Å². The number of aromatic nitrogens is 3. The smallest absolute Gasteiger partial charge is 0.292 e. The number of halogens is 3. The Morgan fingerprint density at radius 2 is 2.08 bits per heavy atom. The molecular weight excluding hydrogens is 323 g/mol. The van der Waals surface area contributed by atoms with Gasteiger partial charge in [0, 0.05) is 6.54 Å². The van der Waals surface area contributed by atoms with E-state index >= 15 is 0 Å². The summed E-state index contributed by atoms with van der Waals surface area (Å²) in [4.78, 5) is 17.6.